The number of rotatable bonds is 6. The molecule has 2 aromatic rings. The molecule has 0 aliphatic carbocycles. The highest BCUT2D eigenvalue weighted by molar-refractivity contribution is 5.90. The molecule has 3 rings (SSSR count). The maximum Gasteiger partial charge on any atom is 0.382 e. The Labute approximate surface area is 148 Å². The molecule has 1 heterocycles. The number of carbonyl (C=O) groups excluding carboxylic acids is 2. The molecular weight excluding hydrogens is 346 g/mol. The minimum absolute atomic E-state index is 0.103. The highest BCUT2D eigenvalue weighted by Crippen LogP contribution is 2.34. The van der Waals surface area contributed by atoms with Crippen molar-refractivity contribution in [2.45, 2.75) is 24.7 Å². The van der Waals surface area contributed by atoms with Crippen molar-refractivity contribution in [1.82, 2.24) is 0 Å². The minimum Gasteiger partial charge on any atom is -0.451 e. The predicted octanol–water partition coefficient (Wildman–Crippen LogP) is 2.99. The zero-order chi connectivity index (χ0) is 18.6. The molecule has 1 saturated heterocycles. The summed E-state index contributed by atoms with van der Waals surface area (Å²) >= 11 is 0. The van der Waals surface area contributed by atoms with Gasteiger partial charge in [0.25, 0.3) is 0 Å². The van der Waals surface area contributed by atoms with Crippen molar-refractivity contribution in [3.05, 3.63) is 71.8 Å². The Bertz CT molecular complexity index is 764. The molecule has 1 aliphatic heterocycles. The molecule has 0 amide bonds. The van der Waals surface area contributed by atoms with Crippen LogP contribution in [0, 0.1) is 0 Å². The molecule has 2 aromatic carbocycles. The van der Waals surface area contributed by atoms with Crippen LogP contribution in [0.2, 0.25) is 0 Å². The summed E-state index contributed by atoms with van der Waals surface area (Å²) in [5.74, 6) is -6.61. The maximum absolute atomic E-state index is 14.1. The molecule has 5 nitrogen and oxygen atoms in total. The van der Waals surface area contributed by atoms with Crippen molar-refractivity contribution in [3.8, 4) is 0 Å². The van der Waals surface area contributed by atoms with Gasteiger partial charge in [0.2, 0.25) is 6.10 Å². The Morgan fingerprint density at radius 3 is 2.31 bits per heavy atom. The van der Waals surface area contributed by atoms with Crippen LogP contribution >= 0.6 is 0 Å². The average Bonchev–Trinajstić information content (AvgIpc) is 2.86. The van der Waals surface area contributed by atoms with Crippen molar-refractivity contribution in [2.75, 3.05) is 6.61 Å². The van der Waals surface area contributed by atoms with Crippen LogP contribution in [0.15, 0.2) is 60.7 Å². The fraction of sp³-hybridized carbons (Fsp3) is 0.263. The van der Waals surface area contributed by atoms with E-state index in [4.69, 9.17) is 9.47 Å². The maximum atomic E-state index is 14.1. The molecule has 1 aliphatic rings. The van der Waals surface area contributed by atoms with Gasteiger partial charge in [0, 0.05) is 0 Å². The van der Waals surface area contributed by atoms with Crippen molar-refractivity contribution in [1.29, 1.82) is 0 Å². The molecule has 26 heavy (non-hydrogen) atoms. The van der Waals surface area contributed by atoms with Crippen LogP contribution < -0.4 is 0 Å². The molecule has 0 spiro atoms. The van der Waals surface area contributed by atoms with Gasteiger partial charge in [0.15, 0.2) is 6.10 Å². The first kappa shape index (κ1) is 18.0. The van der Waals surface area contributed by atoms with Crippen LogP contribution in [0.5, 0.6) is 0 Å². The highest BCUT2D eigenvalue weighted by atomic mass is 19.3. The third-order valence-corrected chi connectivity index (χ3v) is 3.86. The van der Waals surface area contributed by atoms with Gasteiger partial charge >= 0.3 is 17.9 Å². The van der Waals surface area contributed by atoms with Crippen LogP contribution in [0.3, 0.4) is 0 Å². The van der Waals surface area contributed by atoms with E-state index in [2.05, 4.69) is 4.74 Å². The zero-order valence-electron chi connectivity index (χ0n) is 13.6. The summed E-state index contributed by atoms with van der Waals surface area (Å²) < 4.78 is 43.1. The molecule has 0 unspecified atom stereocenters. The molecule has 7 heteroatoms. The molecule has 0 N–H and O–H groups in total. The number of hydrogen-bond donors (Lipinski definition) is 0. The monoisotopic (exact) mass is 362 g/mol. The van der Waals surface area contributed by atoms with Gasteiger partial charge in [-0.15, -0.1) is 0 Å². The van der Waals surface area contributed by atoms with E-state index >= 15 is 0 Å². The lowest BCUT2D eigenvalue weighted by Crippen LogP contribution is -2.43. The lowest BCUT2D eigenvalue weighted by molar-refractivity contribution is -0.163. The van der Waals surface area contributed by atoms with Crippen LogP contribution in [-0.2, 0) is 25.6 Å². The summed E-state index contributed by atoms with van der Waals surface area (Å²) in [6.07, 6.45) is -3.42. The molecule has 0 radical (unpaired) electrons. The first-order valence-electron chi connectivity index (χ1n) is 7.95. The van der Waals surface area contributed by atoms with Crippen molar-refractivity contribution in [3.63, 3.8) is 0 Å². The largest absolute Gasteiger partial charge is 0.451 e. The van der Waals surface area contributed by atoms with Crippen molar-refractivity contribution in [2.24, 2.45) is 0 Å². The third-order valence-electron chi connectivity index (χ3n) is 3.86. The van der Waals surface area contributed by atoms with Crippen LogP contribution in [-0.4, -0.2) is 36.7 Å². The summed E-state index contributed by atoms with van der Waals surface area (Å²) in [5.41, 5.74) is 0.938. The van der Waals surface area contributed by atoms with E-state index < -0.39 is 30.1 Å². The van der Waals surface area contributed by atoms with Gasteiger partial charge in [0.05, 0.1) is 18.8 Å². The fourth-order valence-corrected chi connectivity index (χ4v) is 2.52. The van der Waals surface area contributed by atoms with Crippen LogP contribution in [0.25, 0.3) is 0 Å². The van der Waals surface area contributed by atoms with Gasteiger partial charge in [-0.25, -0.2) is 9.59 Å². The number of hydrogen-bond acceptors (Lipinski definition) is 5. The molecule has 1 fully saturated rings. The molecule has 136 valence electrons. The highest BCUT2D eigenvalue weighted by Gasteiger charge is 2.62. The van der Waals surface area contributed by atoms with Crippen molar-refractivity contribution >= 4 is 11.9 Å². The standard InChI is InChI=1S/C19H16F2O5/c20-19(21)16(26-17(22)14-9-5-2-6-10-14)15(25-18(19)23)12-24-11-13-7-3-1-4-8-13/h1-10,15-16H,11-12H2/t15-,16-/m1/s1. The fourth-order valence-electron chi connectivity index (χ4n) is 2.52. The summed E-state index contributed by atoms with van der Waals surface area (Å²) in [4.78, 5) is 23.5. The topological polar surface area (TPSA) is 61.8 Å². The zero-order valence-corrected chi connectivity index (χ0v) is 13.6. The van der Waals surface area contributed by atoms with E-state index in [-0.39, 0.29) is 18.8 Å². The van der Waals surface area contributed by atoms with Gasteiger partial charge < -0.3 is 14.2 Å². The molecule has 2 atom stereocenters. The number of halogens is 2. The smallest absolute Gasteiger partial charge is 0.382 e. The summed E-state index contributed by atoms with van der Waals surface area (Å²) in [5, 5.41) is 0. The van der Waals surface area contributed by atoms with Crippen LogP contribution in [0.1, 0.15) is 15.9 Å². The quantitative estimate of drug-likeness (QED) is 0.740. The second-order valence-corrected chi connectivity index (χ2v) is 5.76. The van der Waals surface area contributed by atoms with E-state index in [1.54, 1.807) is 18.2 Å². The summed E-state index contributed by atoms with van der Waals surface area (Å²) in [7, 11) is 0. The second-order valence-electron chi connectivity index (χ2n) is 5.76. The van der Waals surface area contributed by atoms with Gasteiger partial charge in [-0.3, -0.25) is 0 Å². The predicted molar refractivity (Wildman–Crippen MR) is 86.6 cm³/mol. The summed E-state index contributed by atoms with van der Waals surface area (Å²) in [6, 6.07) is 16.8. The van der Waals surface area contributed by atoms with E-state index in [1.165, 1.54) is 12.1 Å². The molecule has 0 saturated carbocycles. The number of alkyl halides is 2. The number of ether oxygens (including phenoxy) is 3. The Balaban J connectivity index is 1.65. The molecule has 0 aromatic heterocycles. The Morgan fingerprint density at radius 1 is 1.04 bits per heavy atom. The Kier molecular flexibility index (Phi) is 5.27. The van der Waals surface area contributed by atoms with Crippen LogP contribution in [0.4, 0.5) is 8.78 Å². The average molecular weight is 362 g/mol. The van der Waals surface area contributed by atoms with Gasteiger partial charge in [-0.05, 0) is 17.7 Å². The number of esters is 2. The minimum atomic E-state index is -3.93. The normalized spacial score (nSPS) is 21.2. The van der Waals surface area contributed by atoms with E-state index in [9.17, 15) is 18.4 Å². The third kappa shape index (κ3) is 3.88. The summed E-state index contributed by atoms with van der Waals surface area (Å²) in [6.45, 7) is -0.164. The Hall–Kier alpha value is -2.80. The van der Waals surface area contributed by atoms with Gasteiger partial charge in [0.1, 0.15) is 0 Å². The van der Waals surface area contributed by atoms with E-state index in [0.717, 1.165) is 5.56 Å². The number of benzene rings is 2. The SMILES string of the molecule is O=C(O[C@@H]1[C@@H](COCc2ccccc2)OC(=O)C1(F)F)c1ccccc1. The second kappa shape index (κ2) is 7.61. The first-order valence-corrected chi connectivity index (χ1v) is 7.95. The van der Waals surface area contributed by atoms with Gasteiger partial charge in [-0.2, -0.15) is 8.78 Å². The van der Waals surface area contributed by atoms with Gasteiger partial charge in [-0.1, -0.05) is 48.5 Å². The van der Waals surface area contributed by atoms with E-state index in [1.807, 2.05) is 30.3 Å². The molecular formula is C19H16F2O5. The molecule has 0 bridgehead atoms. The Morgan fingerprint density at radius 2 is 1.65 bits per heavy atom. The first-order chi connectivity index (χ1) is 12.5. The number of carbonyl (C=O) groups is 2. The number of cyclic esters (lactones) is 1. The van der Waals surface area contributed by atoms with Crippen molar-refractivity contribution < 1.29 is 32.6 Å². The lowest BCUT2D eigenvalue weighted by Gasteiger charge is -2.20. The van der Waals surface area contributed by atoms with E-state index in [0.29, 0.717) is 0 Å². The lowest BCUT2D eigenvalue weighted by atomic mass is 10.1.